The molecule has 1 aliphatic heterocycles. The normalized spacial score (nSPS) is 18.5. The molecule has 18 heavy (non-hydrogen) atoms. The molecule has 0 aromatic carbocycles. The summed E-state index contributed by atoms with van der Waals surface area (Å²) < 4.78 is 0. The highest BCUT2D eigenvalue weighted by molar-refractivity contribution is 5.82. The highest BCUT2D eigenvalue weighted by Gasteiger charge is 2.28. The van der Waals surface area contributed by atoms with E-state index in [1.165, 1.54) is 0 Å². The molecule has 0 radical (unpaired) electrons. The first kappa shape index (κ1) is 15.0. The molecule has 1 fully saturated rings. The number of piperidine rings is 1. The quantitative estimate of drug-likeness (QED) is 0.750. The maximum absolute atomic E-state index is 12.0. The average molecular weight is 255 g/mol. The zero-order valence-electron chi connectivity index (χ0n) is 11.4. The molecule has 5 heteroatoms. The third-order valence-corrected chi connectivity index (χ3v) is 3.45. The van der Waals surface area contributed by atoms with Crippen molar-refractivity contribution in [2.75, 3.05) is 19.6 Å². The van der Waals surface area contributed by atoms with Crippen molar-refractivity contribution in [3.05, 3.63) is 0 Å². The second-order valence-electron chi connectivity index (χ2n) is 4.89. The van der Waals surface area contributed by atoms with E-state index in [0.717, 1.165) is 25.7 Å². The summed E-state index contributed by atoms with van der Waals surface area (Å²) in [6.45, 7) is 5.91. The Hall–Kier alpha value is -1.10. The Kier molecular flexibility index (Phi) is 6.12. The largest absolute Gasteiger partial charge is 0.356 e. The summed E-state index contributed by atoms with van der Waals surface area (Å²) in [5.74, 6) is 0.199. The van der Waals surface area contributed by atoms with Gasteiger partial charge in [0.2, 0.25) is 11.8 Å². The van der Waals surface area contributed by atoms with E-state index in [1.807, 2.05) is 13.8 Å². The van der Waals surface area contributed by atoms with Crippen molar-refractivity contribution in [1.82, 2.24) is 10.2 Å². The van der Waals surface area contributed by atoms with E-state index in [4.69, 9.17) is 5.73 Å². The Morgan fingerprint density at radius 2 is 1.94 bits per heavy atom. The SMILES string of the molecule is CCCC(N)C(=O)N1CCC(C(=O)NCC)CC1. The molecule has 1 saturated heterocycles. The van der Waals surface area contributed by atoms with Crippen LogP contribution in [-0.2, 0) is 9.59 Å². The van der Waals surface area contributed by atoms with E-state index < -0.39 is 0 Å². The van der Waals surface area contributed by atoms with Crippen LogP contribution in [0.15, 0.2) is 0 Å². The predicted molar refractivity (Wildman–Crippen MR) is 70.9 cm³/mol. The first-order valence-electron chi connectivity index (χ1n) is 6.92. The maximum Gasteiger partial charge on any atom is 0.239 e. The Bertz CT molecular complexity index is 286. The number of carbonyl (C=O) groups is 2. The lowest BCUT2D eigenvalue weighted by atomic mass is 9.95. The van der Waals surface area contributed by atoms with Crippen LogP contribution in [0.4, 0.5) is 0 Å². The van der Waals surface area contributed by atoms with Gasteiger partial charge in [-0.1, -0.05) is 13.3 Å². The van der Waals surface area contributed by atoms with Gasteiger partial charge < -0.3 is 16.0 Å². The first-order valence-corrected chi connectivity index (χ1v) is 6.92. The number of hydrogen-bond acceptors (Lipinski definition) is 3. The minimum absolute atomic E-state index is 0.0335. The number of carbonyl (C=O) groups excluding carboxylic acids is 2. The summed E-state index contributed by atoms with van der Waals surface area (Å²) in [6, 6.07) is -0.379. The molecule has 3 N–H and O–H groups in total. The molecule has 2 amide bonds. The number of likely N-dealkylation sites (tertiary alicyclic amines) is 1. The van der Waals surface area contributed by atoms with Gasteiger partial charge >= 0.3 is 0 Å². The minimum Gasteiger partial charge on any atom is -0.356 e. The van der Waals surface area contributed by atoms with Crippen LogP contribution in [0.25, 0.3) is 0 Å². The van der Waals surface area contributed by atoms with Crippen molar-refractivity contribution < 1.29 is 9.59 Å². The molecular weight excluding hydrogens is 230 g/mol. The van der Waals surface area contributed by atoms with Crippen LogP contribution >= 0.6 is 0 Å². The third-order valence-electron chi connectivity index (χ3n) is 3.45. The molecule has 0 aliphatic carbocycles. The third kappa shape index (κ3) is 3.98. The van der Waals surface area contributed by atoms with Gasteiger partial charge in [0.25, 0.3) is 0 Å². The lowest BCUT2D eigenvalue weighted by Crippen LogP contribution is -2.48. The molecule has 1 rings (SSSR count). The highest BCUT2D eigenvalue weighted by Crippen LogP contribution is 2.18. The van der Waals surface area contributed by atoms with Gasteiger partial charge in [-0.05, 0) is 26.2 Å². The van der Waals surface area contributed by atoms with Crippen LogP contribution in [0.2, 0.25) is 0 Å². The van der Waals surface area contributed by atoms with E-state index in [2.05, 4.69) is 5.32 Å². The van der Waals surface area contributed by atoms with Crippen molar-refractivity contribution in [3.8, 4) is 0 Å². The Labute approximate surface area is 109 Å². The molecule has 104 valence electrons. The molecule has 0 saturated carbocycles. The summed E-state index contributed by atoms with van der Waals surface area (Å²) in [6.07, 6.45) is 3.14. The fourth-order valence-electron chi connectivity index (χ4n) is 2.35. The second-order valence-corrected chi connectivity index (χ2v) is 4.89. The number of amides is 2. The molecule has 1 unspecified atom stereocenters. The van der Waals surface area contributed by atoms with Crippen molar-refractivity contribution in [2.45, 2.75) is 45.6 Å². The van der Waals surface area contributed by atoms with Gasteiger partial charge in [-0.15, -0.1) is 0 Å². The standard InChI is InChI=1S/C13H25N3O2/c1-3-5-11(14)13(18)16-8-6-10(7-9-16)12(17)15-4-2/h10-11H,3-9,14H2,1-2H3,(H,15,17). The second kappa shape index (κ2) is 7.36. The van der Waals surface area contributed by atoms with Gasteiger partial charge in [-0.2, -0.15) is 0 Å². The van der Waals surface area contributed by atoms with Gasteiger partial charge in [-0.3, -0.25) is 9.59 Å². The van der Waals surface area contributed by atoms with Gasteiger partial charge in [0.05, 0.1) is 6.04 Å². The Morgan fingerprint density at radius 1 is 1.33 bits per heavy atom. The molecule has 0 aromatic heterocycles. The molecule has 5 nitrogen and oxygen atoms in total. The monoisotopic (exact) mass is 255 g/mol. The van der Waals surface area contributed by atoms with E-state index in [0.29, 0.717) is 19.6 Å². The van der Waals surface area contributed by atoms with Crippen LogP contribution in [0.1, 0.15) is 39.5 Å². The smallest absolute Gasteiger partial charge is 0.239 e. The van der Waals surface area contributed by atoms with Crippen molar-refractivity contribution in [3.63, 3.8) is 0 Å². The number of nitrogens with one attached hydrogen (secondary N) is 1. The first-order chi connectivity index (χ1) is 8.60. The van der Waals surface area contributed by atoms with E-state index >= 15 is 0 Å². The highest BCUT2D eigenvalue weighted by atomic mass is 16.2. The fraction of sp³-hybridized carbons (Fsp3) is 0.846. The van der Waals surface area contributed by atoms with Crippen molar-refractivity contribution in [1.29, 1.82) is 0 Å². The number of nitrogens with two attached hydrogens (primary N) is 1. The van der Waals surface area contributed by atoms with Gasteiger partial charge in [0, 0.05) is 25.6 Å². The Balaban J connectivity index is 2.39. The lowest BCUT2D eigenvalue weighted by molar-refractivity contribution is -0.136. The predicted octanol–water partition coefficient (Wildman–Crippen LogP) is 0.489. The van der Waals surface area contributed by atoms with Crippen LogP contribution in [-0.4, -0.2) is 42.4 Å². The Morgan fingerprint density at radius 3 is 2.44 bits per heavy atom. The zero-order valence-corrected chi connectivity index (χ0v) is 11.4. The average Bonchev–Trinajstić information content (AvgIpc) is 2.38. The molecule has 1 aliphatic rings. The lowest BCUT2D eigenvalue weighted by Gasteiger charge is -2.32. The van der Waals surface area contributed by atoms with Crippen molar-refractivity contribution >= 4 is 11.8 Å². The van der Waals surface area contributed by atoms with E-state index in [1.54, 1.807) is 4.90 Å². The number of rotatable bonds is 5. The summed E-state index contributed by atoms with van der Waals surface area (Å²) in [7, 11) is 0. The van der Waals surface area contributed by atoms with Crippen LogP contribution < -0.4 is 11.1 Å². The topological polar surface area (TPSA) is 75.4 Å². The summed E-state index contributed by atoms with van der Waals surface area (Å²) in [5, 5.41) is 2.84. The van der Waals surface area contributed by atoms with Crippen LogP contribution in [0.5, 0.6) is 0 Å². The van der Waals surface area contributed by atoms with Gasteiger partial charge in [0.1, 0.15) is 0 Å². The van der Waals surface area contributed by atoms with Crippen LogP contribution in [0, 0.1) is 5.92 Å². The van der Waals surface area contributed by atoms with E-state index in [9.17, 15) is 9.59 Å². The van der Waals surface area contributed by atoms with Gasteiger partial charge in [-0.25, -0.2) is 0 Å². The summed E-state index contributed by atoms with van der Waals surface area (Å²) >= 11 is 0. The number of nitrogens with zero attached hydrogens (tertiary/aromatic N) is 1. The molecule has 1 heterocycles. The number of hydrogen-bond donors (Lipinski definition) is 2. The molecular formula is C13H25N3O2. The molecule has 0 aromatic rings. The molecule has 0 spiro atoms. The van der Waals surface area contributed by atoms with Crippen molar-refractivity contribution in [2.24, 2.45) is 11.7 Å². The van der Waals surface area contributed by atoms with Crippen LogP contribution in [0.3, 0.4) is 0 Å². The fourth-order valence-corrected chi connectivity index (χ4v) is 2.35. The summed E-state index contributed by atoms with van der Waals surface area (Å²) in [4.78, 5) is 25.5. The maximum atomic E-state index is 12.0. The molecule has 0 bridgehead atoms. The molecule has 1 atom stereocenters. The van der Waals surface area contributed by atoms with E-state index in [-0.39, 0.29) is 23.8 Å². The van der Waals surface area contributed by atoms with Gasteiger partial charge in [0.15, 0.2) is 0 Å². The zero-order chi connectivity index (χ0) is 13.5. The summed E-state index contributed by atoms with van der Waals surface area (Å²) in [5.41, 5.74) is 5.83. The minimum atomic E-state index is -0.379.